The fourth-order valence-electron chi connectivity index (χ4n) is 0.648. The molecule has 0 radical (unpaired) electrons. The number of nitrogens with one attached hydrogen (secondary N) is 3. The topological polar surface area (TPSA) is 101 Å². The van der Waals surface area contributed by atoms with Crippen LogP contribution in [0.2, 0.25) is 0 Å². The van der Waals surface area contributed by atoms with Crippen LogP contribution in [0.1, 0.15) is 12.8 Å². The standard InChI is InChI=1S/C7H13N3O4/c1-9-13-6(11)4-3-5(8)7(12)14-10-2/h8-10H,3-4H2,1-2H3. The Bertz CT molecular complexity index is 229. The summed E-state index contributed by atoms with van der Waals surface area (Å²) in [7, 11) is 2.85. The third kappa shape index (κ3) is 5.22. The highest BCUT2D eigenvalue weighted by Gasteiger charge is 2.13. The lowest BCUT2D eigenvalue weighted by molar-refractivity contribution is -0.149. The number of hydrogen-bond donors (Lipinski definition) is 3. The van der Waals surface area contributed by atoms with Crippen molar-refractivity contribution in [1.29, 1.82) is 5.41 Å². The highest BCUT2D eigenvalue weighted by molar-refractivity contribution is 6.35. The number of hydroxylamine groups is 2. The molecule has 0 saturated carbocycles. The summed E-state index contributed by atoms with van der Waals surface area (Å²) >= 11 is 0. The summed E-state index contributed by atoms with van der Waals surface area (Å²) < 4.78 is 0. The first-order valence-corrected chi connectivity index (χ1v) is 3.93. The molecule has 7 heteroatoms. The Hall–Kier alpha value is -1.47. The maximum atomic E-state index is 10.8. The zero-order valence-corrected chi connectivity index (χ0v) is 8.05. The van der Waals surface area contributed by atoms with Gasteiger partial charge in [0.2, 0.25) is 0 Å². The quantitative estimate of drug-likeness (QED) is 0.383. The van der Waals surface area contributed by atoms with E-state index in [0.29, 0.717) is 0 Å². The van der Waals surface area contributed by atoms with E-state index in [2.05, 4.69) is 20.6 Å². The highest BCUT2D eigenvalue weighted by Crippen LogP contribution is 1.95. The third-order valence-corrected chi connectivity index (χ3v) is 1.24. The maximum absolute atomic E-state index is 10.8. The summed E-state index contributed by atoms with van der Waals surface area (Å²) in [4.78, 5) is 30.3. The van der Waals surface area contributed by atoms with E-state index in [1.807, 2.05) is 0 Å². The lowest BCUT2D eigenvalue weighted by Gasteiger charge is -2.03. The van der Waals surface area contributed by atoms with Crippen molar-refractivity contribution in [1.82, 2.24) is 11.0 Å². The SMILES string of the molecule is CNOC(=O)CCC(=N)C(=O)ONC. The zero-order valence-electron chi connectivity index (χ0n) is 8.05. The van der Waals surface area contributed by atoms with Gasteiger partial charge in [0.25, 0.3) is 0 Å². The van der Waals surface area contributed by atoms with Crippen LogP contribution in [0.25, 0.3) is 0 Å². The molecule has 0 atom stereocenters. The highest BCUT2D eigenvalue weighted by atomic mass is 16.7. The minimum atomic E-state index is -0.801. The minimum Gasteiger partial charge on any atom is -0.371 e. The fourth-order valence-corrected chi connectivity index (χ4v) is 0.648. The molecule has 3 N–H and O–H groups in total. The first-order chi connectivity index (χ1) is 6.61. The lowest BCUT2D eigenvalue weighted by atomic mass is 10.2. The van der Waals surface area contributed by atoms with E-state index < -0.39 is 11.9 Å². The molecule has 0 spiro atoms. The fraction of sp³-hybridized carbons (Fsp3) is 0.571. The van der Waals surface area contributed by atoms with E-state index in [1.54, 1.807) is 0 Å². The summed E-state index contributed by atoms with van der Waals surface area (Å²) in [6.07, 6.45) is -0.0560. The van der Waals surface area contributed by atoms with Crippen LogP contribution in [0, 0.1) is 5.41 Å². The van der Waals surface area contributed by atoms with Gasteiger partial charge in [-0.05, 0) is 0 Å². The Balaban J connectivity index is 3.73. The largest absolute Gasteiger partial charge is 0.371 e. The molecule has 0 fully saturated rings. The first-order valence-electron chi connectivity index (χ1n) is 3.93. The number of carbonyl (C=O) groups is 2. The number of rotatable bonds is 6. The molecule has 0 heterocycles. The van der Waals surface area contributed by atoms with E-state index >= 15 is 0 Å². The molecule has 80 valence electrons. The van der Waals surface area contributed by atoms with Gasteiger partial charge in [-0.15, -0.1) is 0 Å². The second kappa shape index (κ2) is 6.98. The molecule has 0 saturated heterocycles. The van der Waals surface area contributed by atoms with Gasteiger partial charge in [-0.2, -0.15) is 11.0 Å². The molecule has 0 unspecified atom stereocenters. The van der Waals surface area contributed by atoms with Gasteiger partial charge in [0.15, 0.2) is 0 Å². The predicted molar refractivity (Wildman–Crippen MR) is 47.3 cm³/mol. The van der Waals surface area contributed by atoms with Gasteiger partial charge in [0, 0.05) is 20.5 Å². The van der Waals surface area contributed by atoms with E-state index in [-0.39, 0.29) is 18.6 Å². The summed E-state index contributed by atoms with van der Waals surface area (Å²) in [5, 5.41) is 7.18. The molecule has 0 amide bonds. The molecule has 0 aliphatic carbocycles. The van der Waals surface area contributed by atoms with Crippen LogP contribution >= 0.6 is 0 Å². The molecule has 0 rings (SSSR count). The predicted octanol–water partition coefficient (Wildman–Crippen LogP) is -0.858. The van der Waals surface area contributed by atoms with Gasteiger partial charge in [0.05, 0.1) is 6.42 Å². The lowest BCUT2D eigenvalue weighted by Crippen LogP contribution is -2.24. The van der Waals surface area contributed by atoms with Crippen molar-refractivity contribution < 1.29 is 19.3 Å². The normalized spacial score (nSPS) is 9.29. The molecular formula is C7H13N3O4. The summed E-state index contributed by atoms with van der Waals surface area (Å²) in [5.74, 6) is -1.33. The van der Waals surface area contributed by atoms with Crippen LogP contribution in [0.3, 0.4) is 0 Å². The molecule has 0 aliphatic heterocycles. The van der Waals surface area contributed by atoms with Gasteiger partial charge < -0.3 is 9.68 Å². The average Bonchev–Trinajstić information content (AvgIpc) is 2.15. The van der Waals surface area contributed by atoms with Crippen molar-refractivity contribution in [3.8, 4) is 0 Å². The van der Waals surface area contributed by atoms with E-state index in [1.165, 1.54) is 14.1 Å². The van der Waals surface area contributed by atoms with Crippen LogP contribution in [0.15, 0.2) is 0 Å². The number of hydrogen-bond acceptors (Lipinski definition) is 7. The Kier molecular flexibility index (Phi) is 6.25. The zero-order chi connectivity index (χ0) is 11.0. The monoisotopic (exact) mass is 203 g/mol. The van der Waals surface area contributed by atoms with Crippen LogP contribution < -0.4 is 11.0 Å². The average molecular weight is 203 g/mol. The van der Waals surface area contributed by atoms with Crippen molar-refractivity contribution in [3.63, 3.8) is 0 Å². The Morgan fingerprint density at radius 3 is 2.21 bits per heavy atom. The summed E-state index contributed by atoms with van der Waals surface area (Å²) in [6.45, 7) is 0. The van der Waals surface area contributed by atoms with Gasteiger partial charge in [-0.25, -0.2) is 4.79 Å². The Morgan fingerprint density at radius 1 is 1.14 bits per heavy atom. The third-order valence-electron chi connectivity index (χ3n) is 1.24. The molecule has 0 aliphatic rings. The second-order valence-electron chi connectivity index (χ2n) is 2.25. The van der Waals surface area contributed by atoms with E-state index in [9.17, 15) is 9.59 Å². The van der Waals surface area contributed by atoms with Crippen LogP contribution in [0.5, 0.6) is 0 Å². The van der Waals surface area contributed by atoms with Crippen molar-refractivity contribution in [2.24, 2.45) is 0 Å². The second-order valence-corrected chi connectivity index (χ2v) is 2.25. The van der Waals surface area contributed by atoms with E-state index in [4.69, 9.17) is 5.41 Å². The molecule has 0 aromatic heterocycles. The van der Waals surface area contributed by atoms with Crippen LogP contribution in [-0.2, 0) is 19.3 Å². The molecule has 0 aromatic carbocycles. The van der Waals surface area contributed by atoms with Crippen LogP contribution in [0.4, 0.5) is 0 Å². The molecule has 14 heavy (non-hydrogen) atoms. The molecular weight excluding hydrogens is 190 g/mol. The summed E-state index contributed by atoms with van der Waals surface area (Å²) in [6, 6.07) is 0. The maximum Gasteiger partial charge on any atom is 0.370 e. The summed E-state index contributed by atoms with van der Waals surface area (Å²) in [5.41, 5.74) is 4.05. The molecule has 7 nitrogen and oxygen atoms in total. The smallest absolute Gasteiger partial charge is 0.370 e. The Labute approximate surface area is 81.2 Å². The van der Waals surface area contributed by atoms with Gasteiger partial charge >= 0.3 is 11.9 Å². The van der Waals surface area contributed by atoms with Crippen LogP contribution in [-0.4, -0.2) is 31.7 Å². The molecule has 0 bridgehead atoms. The van der Waals surface area contributed by atoms with E-state index in [0.717, 1.165) is 0 Å². The Morgan fingerprint density at radius 2 is 1.71 bits per heavy atom. The molecule has 0 aromatic rings. The minimum absolute atomic E-state index is 0.0129. The van der Waals surface area contributed by atoms with Crippen molar-refractivity contribution in [3.05, 3.63) is 0 Å². The van der Waals surface area contributed by atoms with Gasteiger partial charge in [0.1, 0.15) is 5.71 Å². The van der Waals surface area contributed by atoms with Crippen molar-refractivity contribution >= 4 is 17.7 Å². The van der Waals surface area contributed by atoms with Crippen molar-refractivity contribution in [2.45, 2.75) is 12.8 Å². The van der Waals surface area contributed by atoms with Gasteiger partial charge in [-0.3, -0.25) is 10.2 Å². The van der Waals surface area contributed by atoms with Crippen molar-refractivity contribution in [2.75, 3.05) is 14.1 Å². The number of carbonyl (C=O) groups excluding carboxylic acids is 2. The first kappa shape index (κ1) is 12.5. The van der Waals surface area contributed by atoms with Gasteiger partial charge in [-0.1, -0.05) is 0 Å².